The zero-order chi connectivity index (χ0) is 16.8. The van der Waals surface area contributed by atoms with Gasteiger partial charge in [-0.25, -0.2) is 4.68 Å². The van der Waals surface area contributed by atoms with Gasteiger partial charge in [0.05, 0.1) is 5.75 Å². The first kappa shape index (κ1) is 16.3. The first-order valence-electron chi connectivity index (χ1n) is 7.83. The Balaban J connectivity index is 1.70. The van der Waals surface area contributed by atoms with E-state index in [9.17, 15) is 4.79 Å². The van der Waals surface area contributed by atoms with Crippen LogP contribution in [0.3, 0.4) is 0 Å². The van der Waals surface area contributed by atoms with Gasteiger partial charge in [0.25, 0.3) is 0 Å². The molecule has 3 aromatic rings. The molecule has 1 aromatic carbocycles. The number of amides is 1. The maximum absolute atomic E-state index is 12.1. The predicted molar refractivity (Wildman–Crippen MR) is 95.0 cm³/mol. The predicted octanol–water partition coefficient (Wildman–Crippen LogP) is 3.07. The molecule has 6 nitrogen and oxygen atoms in total. The molecule has 0 saturated heterocycles. The summed E-state index contributed by atoms with van der Waals surface area (Å²) in [6, 6.07) is 13.3. The molecule has 2 heterocycles. The van der Waals surface area contributed by atoms with Crippen LogP contribution >= 0.6 is 11.8 Å². The fourth-order valence-electron chi connectivity index (χ4n) is 2.30. The van der Waals surface area contributed by atoms with Crippen LogP contribution in [0.2, 0.25) is 0 Å². The number of nitrogens with one attached hydrogen (secondary N) is 1. The Morgan fingerprint density at radius 3 is 2.58 bits per heavy atom. The fraction of sp³-hybridized carbons (Fsp3) is 0.235. The van der Waals surface area contributed by atoms with Crippen molar-refractivity contribution in [2.45, 2.75) is 24.9 Å². The molecule has 0 unspecified atom stereocenters. The average Bonchev–Trinajstić information content (AvgIpc) is 3.23. The number of nitrogens with zero attached hydrogens (tertiary/aromatic N) is 4. The van der Waals surface area contributed by atoms with E-state index < -0.39 is 0 Å². The Hall–Kier alpha value is -2.54. The molecule has 0 aliphatic heterocycles. The molecule has 0 spiro atoms. The van der Waals surface area contributed by atoms with Gasteiger partial charge in [0.1, 0.15) is 0 Å². The number of anilines is 1. The molecule has 7 heteroatoms. The van der Waals surface area contributed by atoms with Gasteiger partial charge in [0.2, 0.25) is 11.1 Å². The summed E-state index contributed by atoms with van der Waals surface area (Å²) < 4.78 is 3.88. The van der Waals surface area contributed by atoms with Crippen LogP contribution < -0.4 is 5.32 Å². The summed E-state index contributed by atoms with van der Waals surface area (Å²) in [5.41, 5.74) is 0.793. The molecule has 3 rings (SSSR count). The van der Waals surface area contributed by atoms with E-state index in [1.165, 1.54) is 11.8 Å². The van der Waals surface area contributed by atoms with E-state index in [1.54, 1.807) is 0 Å². The maximum atomic E-state index is 12.1. The zero-order valence-electron chi connectivity index (χ0n) is 13.4. The molecule has 0 fully saturated rings. The summed E-state index contributed by atoms with van der Waals surface area (Å²) in [6.45, 7) is 2.11. The maximum Gasteiger partial charge on any atom is 0.234 e. The number of carbonyl (C=O) groups excluding carboxylic acids is 1. The van der Waals surface area contributed by atoms with Crippen molar-refractivity contribution in [1.82, 2.24) is 19.5 Å². The van der Waals surface area contributed by atoms with E-state index in [2.05, 4.69) is 22.4 Å². The van der Waals surface area contributed by atoms with Crippen molar-refractivity contribution in [3.05, 3.63) is 60.7 Å². The first-order valence-corrected chi connectivity index (χ1v) is 8.82. The van der Waals surface area contributed by atoms with Crippen LogP contribution in [0.25, 0.3) is 0 Å². The van der Waals surface area contributed by atoms with Gasteiger partial charge in [0, 0.05) is 24.5 Å². The third-order valence-electron chi connectivity index (χ3n) is 3.36. The molecule has 0 aliphatic rings. The summed E-state index contributed by atoms with van der Waals surface area (Å²) in [6.07, 6.45) is 5.70. The standard InChI is InChI=1S/C17H19N5OS/c1-2-8-15-19-20-17(22(15)21-11-6-7-12-21)24-13-16(23)18-14-9-4-3-5-10-14/h3-7,9-12H,2,8,13H2,1H3,(H,18,23). The van der Waals surface area contributed by atoms with Gasteiger partial charge in [-0.15, -0.1) is 10.2 Å². The Morgan fingerprint density at radius 2 is 1.88 bits per heavy atom. The second kappa shape index (κ2) is 7.83. The Morgan fingerprint density at radius 1 is 1.12 bits per heavy atom. The molecular weight excluding hydrogens is 322 g/mol. The van der Waals surface area contributed by atoms with E-state index in [-0.39, 0.29) is 11.7 Å². The third-order valence-corrected chi connectivity index (χ3v) is 4.28. The quantitative estimate of drug-likeness (QED) is 0.671. The van der Waals surface area contributed by atoms with E-state index >= 15 is 0 Å². The third kappa shape index (κ3) is 3.86. The smallest absolute Gasteiger partial charge is 0.234 e. The Kier molecular flexibility index (Phi) is 5.32. The van der Waals surface area contributed by atoms with Crippen LogP contribution in [-0.4, -0.2) is 31.2 Å². The van der Waals surface area contributed by atoms with Gasteiger partial charge in [-0.1, -0.05) is 36.9 Å². The second-order valence-electron chi connectivity index (χ2n) is 5.23. The number of hydrogen-bond acceptors (Lipinski definition) is 4. The molecule has 1 amide bonds. The van der Waals surface area contributed by atoms with Gasteiger partial charge in [-0.05, 0) is 30.7 Å². The minimum atomic E-state index is -0.0645. The summed E-state index contributed by atoms with van der Waals surface area (Å²) in [5, 5.41) is 12.1. The number of aryl methyl sites for hydroxylation is 1. The van der Waals surface area contributed by atoms with Crippen LogP contribution in [0.15, 0.2) is 60.0 Å². The molecule has 0 aliphatic carbocycles. The molecule has 0 bridgehead atoms. The van der Waals surface area contributed by atoms with Crippen LogP contribution in [0.1, 0.15) is 19.2 Å². The monoisotopic (exact) mass is 341 g/mol. The van der Waals surface area contributed by atoms with Crippen molar-refractivity contribution in [2.75, 3.05) is 11.1 Å². The zero-order valence-corrected chi connectivity index (χ0v) is 14.2. The number of para-hydroxylation sites is 1. The summed E-state index contributed by atoms with van der Waals surface area (Å²) >= 11 is 1.38. The van der Waals surface area contributed by atoms with Gasteiger partial charge in [-0.2, -0.15) is 0 Å². The molecular formula is C17H19N5OS. The fourth-order valence-corrected chi connectivity index (χ4v) is 3.06. The highest BCUT2D eigenvalue weighted by molar-refractivity contribution is 7.99. The lowest BCUT2D eigenvalue weighted by molar-refractivity contribution is -0.113. The normalized spacial score (nSPS) is 10.7. The van der Waals surface area contributed by atoms with Crippen LogP contribution in [0.5, 0.6) is 0 Å². The van der Waals surface area contributed by atoms with E-state index in [0.717, 1.165) is 24.4 Å². The largest absolute Gasteiger partial charge is 0.325 e. The van der Waals surface area contributed by atoms with Crippen molar-refractivity contribution in [1.29, 1.82) is 0 Å². The lowest BCUT2D eigenvalue weighted by Gasteiger charge is -2.10. The molecule has 0 atom stereocenters. The van der Waals surface area contributed by atoms with Crippen LogP contribution in [-0.2, 0) is 11.2 Å². The van der Waals surface area contributed by atoms with Crippen molar-refractivity contribution >= 4 is 23.4 Å². The average molecular weight is 341 g/mol. The van der Waals surface area contributed by atoms with E-state index in [1.807, 2.05) is 64.2 Å². The molecule has 1 N–H and O–H groups in total. The minimum absolute atomic E-state index is 0.0645. The molecule has 2 aromatic heterocycles. The van der Waals surface area contributed by atoms with Gasteiger partial charge in [-0.3, -0.25) is 9.47 Å². The van der Waals surface area contributed by atoms with Crippen LogP contribution in [0.4, 0.5) is 5.69 Å². The topological polar surface area (TPSA) is 64.7 Å². The highest BCUT2D eigenvalue weighted by Gasteiger charge is 2.15. The number of rotatable bonds is 7. The number of aromatic nitrogens is 4. The first-order chi connectivity index (χ1) is 11.8. The molecule has 24 heavy (non-hydrogen) atoms. The van der Waals surface area contributed by atoms with E-state index in [4.69, 9.17) is 0 Å². The van der Waals surface area contributed by atoms with Gasteiger partial charge < -0.3 is 5.32 Å². The number of thioether (sulfide) groups is 1. The van der Waals surface area contributed by atoms with Crippen molar-refractivity contribution in [3.63, 3.8) is 0 Å². The second-order valence-corrected chi connectivity index (χ2v) is 6.17. The number of benzene rings is 1. The van der Waals surface area contributed by atoms with Gasteiger partial charge >= 0.3 is 0 Å². The van der Waals surface area contributed by atoms with Crippen molar-refractivity contribution in [3.8, 4) is 0 Å². The Bertz CT molecular complexity index is 783. The summed E-state index contributed by atoms with van der Waals surface area (Å²) in [5.74, 6) is 1.10. The highest BCUT2D eigenvalue weighted by Crippen LogP contribution is 2.19. The van der Waals surface area contributed by atoms with E-state index in [0.29, 0.717) is 5.16 Å². The Labute approximate surface area is 144 Å². The lowest BCUT2D eigenvalue weighted by Crippen LogP contribution is -2.16. The highest BCUT2D eigenvalue weighted by atomic mass is 32.2. The minimum Gasteiger partial charge on any atom is -0.325 e. The summed E-state index contributed by atoms with van der Waals surface area (Å²) in [4.78, 5) is 12.1. The lowest BCUT2D eigenvalue weighted by atomic mass is 10.3. The molecule has 0 saturated carbocycles. The van der Waals surface area contributed by atoms with Gasteiger partial charge in [0.15, 0.2) is 5.82 Å². The molecule has 0 radical (unpaired) electrons. The van der Waals surface area contributed by atoms with Crippen LogP contribution in [0, 0.1) is 0 Å². The van der Waals surface area contributed by atoms with Crippen molar-refractivity contribution in [2.24, 2.45) is 0 Å². The number of hydrogen-bond donors (Lipinski definition) is 1. The van der Waals surface area contributed by atoms with Crippen molar-refractivity contribution < 1.29 is 4.79 Å². The SMILES string of the molecule is CCCc1nnc(SCC(=O)Nc2ccccc2)n1-n1cccc1. The molecule has 124 valence electrons. The number of carbonyl (C=O) groups is 1. The summed E-state index contributed by atoms with van der Waals surface area (Å²) in [7, 11) is 0.